The van der Waals surface area contributed by atoms with Crippen molar-refractivity contribution in [3.63, 3.8) is 0 Å². The molecule has 0 atom stereocenters. The van der Waals surface area contributed by atoms with Crippen molar-refractivity contribution in [3.8, 4) is 0 Å². The monoisotopic (exact) mass is 145 g/mol. The Morgan fingerprint density at radius 2 is 2.00 bits per heavy atom. The van der Waals surface area contributed by atoms with Crippen molar-refractivity contribution >= 4 is 11.0 Å². The lowest BCUT2D eigenvalue weighted by atomic mass is 10.3. The topological polar surface area (TPSA) is 38.7 Å². The van der Waals surface area contributed by atoms with Crippen LogP contribution in [0.1, 0.15) is 5.69 Å². The van der Waals surface area contributed by atoms with Crippen LogP contribution in [0.15, 0.2) is 24.4 Å². The quantitative estimate of drug-likeness (QED) is 0.561. The molecule has 3 heteroatoms. The van der Waals surface area contributed by atoms with Crippen LogP contribution in [0.2, 0.25) is 0 Å². The molecule has 0 saturated carbocycles. The molecule has 2 rings (SSSR count). The Balaban J connectivity index is 2.83. The zero-order valence-corrected chi connectivity index (χ0v) is 6.15. The molecule has 2 aromatic heterocycles. The molecule has 0 aliphatic carbocycles. The third-order valence-electron chi connectivity index (χ3n) is 1.51. The van der Waals surface area contributed by atoms with Crippen LogP contribution < -0.4 is 0 Å². The SMILES string of the molecule is Cc1ccc2nnccc2n1. The average molecular weight is 145 g/mol. The predicted molar refractivity (Wildman–Crippen MR) is 42.1 cm³/mol. The van der Waals surface area contributed by atoms with Crippen molar-refractivity contribution < 1.29 is 0 Å². The molecular weight excluding hydrogens is 138 g/mol. The fraction of sp³-hybridized carbons (Fsp3) is 0.125. The third-order valence-corrected chi connectivity index (χ3v) is 1.51. The summed E-state index contributed by atoms with van der Waals surface area (Å²) in [4.78, 5) is 4.27. The molecule has 0 amide bonds. The van der Waals surface area contributed by atoms with E-state index in [1.165, 1.54) is 0 Å². The average Bonchev–Trinajstić information content (AvgIpc) is 2.04. The summed E-state index contributed by atoms with van der Waals surface area (Å²) in [5, 5.41) is 7.66. The van der Waals surface area contributed by atoms with Crippen LogP contribution in [0, 0.1) is 6.92 Å². The zero-order chi connectivity index (χ0) is 7.68. The van der Waals surface area contributed by atoms with E-state index in [2.05, 4.69) is 15.2 Å². The minimum Gasteiger partial charge on any atom is -0.251 e. The van der Waals surface area contributed by atoms with Gasteiger partial charge in [0.25, 0.3) is 0 Å². The largest absolute Gasteiger partial charge is 0.251 e. The summed E-state index contributed by atoms with van der Waals surface area (Å²) in [6.45, 7) is 1.96. The molecule has 0 aromatic carbocycles. The Bertz CT molecular complexity index is 384. The van der Waals surface area contributed by atoms with Gasteiger partial charge in [-0.25, -0.2) is 0 Å². The molecule has 2 heterocycles. The Morgan fingerprint density at radius 1 is 1.09 bits per heavy atom. The Hall–Kier alpha value is -1.51. The first-order chi connectivity index (χ1) is 5.36. The summed E-state index contributed by atoms with van der Waals surface area (Å²) in [7, 11) is 0. The Labute approximate surface area is 64.1 Å². The number of hydrogen-bond donors (Lipinski definition) is 0. The lowest BCUT2D eigenvalue weighted by Gasteiger charge is -1.94. The van der Waals surface area contributed by atoms with Crippen molar-refractivity contribution in [1.29, 1.82) is 0 Å². The fourth-order valence-corrected chi connectivity index (χ4v) is 0.976. The highest BCUT2D eigenvalue weighted by atomic mass is 15.1. The molecular formula is C8H7N3. The van der Waals surface area contributed by atoms with Crippen molar-refractivity contribution in [2.45, 2.75) is 6.92 Å². The lowest BCUT2D eigenvalue weighted by molar-refractivity contribution is 1.06. The van der Waals surface area contributed by atoms with Gasteiger partial charge in [-0.05, 0) is 25.1 Å². The van der Waals surface area contributed by atoms with Gasteiger partial charge < -0.3 is 0 Å². The van der Waals surface area contributed by atoms with E-state index in [1.807, 2.05) is 25.1 Å². The van der Waals surface area contributed by atoms with E-state index in [1.54, 1.807) is 6.20 Å². The lowest BCUT2D eigenvalue weighted by Crippen LogP contribution is -1.86. The molecule has 0 radical (unpaired) electrons. The van der Waals surface area contributed by atoms with Gasteiger partial charge in [-0.3, -0.25) is 4.98 Å². The second-order valence-electron chi connectivity index (χ2n) is 2.39. The van der Waals surface area contributed by atoms with Gasteiger partial charge in [0.05, 0.1) is 11.7 Å². The molecule has 2 aromatic rings. The van der Waals surface area contributed by atoms with E-state index in [0.29, 0.717) is 0 Å². The highest BCUT2D eigenvalue weighted by molar-refractivity contribution is 5.72. The van der Waals surface area contributed by atoms with Crippen LogP contribution in [0.25, 0.3) is 11.0 Å². The number of nitrogens with zero attached hydrogens (tertiary/aromatic N) is 3. The Kier molecular flexibility index (Phi) is 1.28. The predicted octanol–water partition coefficient (Wildman–Crippen LogP) is 1.33. The molecule has 0 aliphatic heterocycles. The van der Waals surface area contributed by atoms with E-state index in [0.717, 1.165) is 16.7 Å². The number of aryl methyl sites for hydroxylation is 1. The summed E-state index contributed by atoms with van der Waals surface area (Å²) < 4.78 is 0. The van der Waals surface area contributed by atoms with Crippen LogP contribution in [0.3, 0.4) is 0 Å². The van der Waals surface area contributed by atoms with E-state index < -0.39 is 0 Å². The summed E-state index contributed by atoms with van der Waals surface area (Å²) in [5.41, 5.74) is 2.75. The van der Waals surface area contributed by atoms with Gasteiger partial charge in [0.2, 0.25) is 0 Å². The maximum atomic E-state index is 4.27. The minimum absolute atomic E-state index is 0.845. The summed E-state index contributed by atoms with van der Waals surface area (Å²) in [5.74, 6) is 0. The Morgan fingerprint density at radius 3 is 2.91 bits per heavy atom. The highest BCUT2D eigenvalue weighted by Crippen LogP contribution is 2.06. The standard InChI is InChI=1S/C8H7N3/c1-6-2-3-8-7(10-6)4-5-9-11-8/h2-5H,1H3. The molecule has 0 spiro atoms. The fourth-order valence-electron chi connectivity index (χ4n) is 0.976. The first kappa shape index (κ1) is 6.22. The van der Waals surface area contributed by atoms with Crippen molar-refractivity contribution in [3.05, 3.63) is 30.1 Å². The number of aromatic nitrogens is 3. The zero-order valence-electron chi connectivity index (χ0n) is 6.15. The molecule has 0 bridgehead atoms. The smallest absolute Gasteiger partial charge is 0.111 e. The van der Waals surface area contributed by atoms with E-state index in [-0.39, 0.29) is 0 Å². The van der Waals surface area contributed by atoms with E-state index >= 15 is 0 Å². The molecule has 0 unspecified atom stereocenters. The maximum absolute atomic E-state index is 4.27. The van der Waals surface area contributed by atoms with Gasteiger partial charge >= 0.3 is 0 Å². The summed E-state index contributed by atoms with van der Waals surface area (Å²) >= 11 is 0. The molecule has 0 aliphatic rings. The molecule has 0 saturated heterocycles. The second-order valence-corrected chi connectivity index (χ2v) is 2.39. The molecule has 11 heavy (non-hydrogen) atoms. The van der Waals surface area contributed by atoms with Crippen molar-refractivity contribution in [2.24, 2.45) is 0 Å². The molecule has 0 fully saturated rings. The van der Waals surface area contributed by atoms with Gasteiger partial charge in [0.1, 0.15) is 5.52 Å². The van der Waals surface area contributed by atoms with Crippen LogP contribution >= 0.6 is 0 Å². The molecule has 0 N–H and O–H groups in total. The maximum Gasteiger partial charge on any atom is 0.111 e. The van der Waals surface area contributed by atoms with Crippen LogP contribution in [0.4, 0.5) is 0 Å². The number of rotatable bonds is 0. The van der Waals surface area contributed by atoms with Crippen LogP contribution in [-0.4, -0.2) is 15.2 Å². The van der Waals surface area contributed by atoms with Gasteiger partial charge in [0, 0.05) is 5.69 Å². The first-order valence-electron chi connectivity index (χ1n) is 3.41. The minimum atomic E-state index is 0.845. The van der Waals surface area contributed by atoms with Crippen LogP contribution in [0.5, 0.6) is 0 Å². The third kappa shape index (κ3) is 1.05. The normalized spacial score (nSPS) is 10.3. The molecule has 3 nitrogen and oxygen atoms in total. The van der Waals surface area contributed by atoms with Gasteiger partial charge in [-0.2, -0.15) is 5.10 Å². The number of fused-ring (bicyclic) bond motifs is 1. The highest BCUT2D eigenvalue weighted by Gasteiger charge is 1.93. The van der Waals surface area contributed by atoms with E-state index in [4.69, 9.17) is 0 Å². The number of hydrogen-bond acceptors (Lipinski definition) is 3. The van der Waals surface area contributed by atoms with E-state index in [9.17, 15) is 0 Å². The molecule has 54 valence electrons. The van der Waals surface area contributed by atoms with Crippen LogP contribution in [-0.2, 0) is 0 Å². The second kappa shape index (κ2) is 2.27. The van der Waals surface area contributed by atoms with Gasteiger partial charge in [-0.15, -0.1) is 5.10 Å². The number of pyridine rings is 1. The summed E-state index contributed by atoms with van der Waals surface area (Å²) in [6, 6.07) is 5.71. The van der Waals surface area contributed by atoms with Gasteiger partial charge in [0.15, 0.2) is 0 Å². The first-order valence-corrected chi connectivity index (χ1v) is 3.41. The van der Waals surface area contributed by atoms with Crippen molar-refractivity contribution in [1.82, 2.24) is 15.2 Å². The van der Waals surface area contributed by atoms with Gasteiger partial charge in [-0.1, -0.05) is 0 Å². The van der Waals surface area contributed by atoms with Crippen molar-refractivity contribution in [2.75, 3.05) is 0 Å². The summed E-state index contributed by atoms with van der Waals surface area (Å²) in [6.07, 6.45) is 1.65.